The molecule has 0 radical (unpaired) electrons. The Hall–Kier alpha value is -3.57. The number of aromatic nitrogens is 2. The number of likely N-dealkylation sites (tertiary alicyclic amines) is 1. The molecule has 3 N–H and O–H groups in total. The lowest BCUT2D eigenvalue weighted by Gasteiger charge is -2.34. The van der Waals surface area contributed by atoms with Gasteiger partial charge in [0.05, 0.1) is 13.1 Å². The van der Waals surface area contributed by atoms with Crippen molar-refractivity contribution in [3.05, 3.63) is 36.4 Å². The van der Waals surface area contributed by atoms with Crippen LogP contribution in [0, 0.1) is 0 Å². The average Bonchev–Trinajstić information content (AvgIpc) is 3.43. The molecule has 3 heterocycles. The fourth-order valence-corrected chi connectivity index (χ4v) is 4.50. The Morgan fingerprint density at radius 3 is 2.16 bits per heavy atom. The predicted octanol–water partition coefficient (Wildman–Crippen LogP) is 0.870. The number of amides is 3. The Kier molecular flexibility index (Phi) is 9.39. The zero-order chi connectivity index (χ0) is 26.0. The first kappa shape index (κ1) is 26.5. The summed E-state index contributed by atoms with van der Waals surface area (Å²) in [5.74, 6) is 1.44. The quantitative estimate of drug-likeness (QED) is 0.404. The van der Waals surface area contributed by atoms with Crippen molar-refractivity contribution < 1.29 is 14.4 Å². The number of anilines is 2. The Morgan fingerprint density at radius 2 is 1.49 bits per heavy atom. The van der Waals surface area contributed by atoms with Gasteiger partial charge in [-0.05, 0) is 12.8 Å². The van der Waals surface area contributed by atoms with Crippen molar-refractivity contribution in [1.29, 1.82) is 0 Å². The van der Waals surface area contributed by atoms with Gasteiger partial charge in [0.1, 0.15) is 11.6 Å². The molecule has 0 aliphatic carbocycles. The van der Waals surface area contributed by atoms with Gasteiger partial charge in [-0.3, -0.25) is 24.2 Å². The van der Waals surface area contributed by atoms with Gasteiger partial charge in [0.25, 0.3) is 0 Å². The normalized spacial score (nSPS) is 16.4. The van der Waals surface area contributed by atoms with Gasteiger partial charge in [0.15, 0.2) is 5.82 Å². The minimum Gasteiger partial charge on any atom is -0.368 e. The van der Waals surface area contributed by atoms with E-state index < -0.39 is 0 Å². The van der Waals surface area contributed by atoms with Crippen molar-refractivity contribution in [2.75, 3.05) is 76.1 Å². The highest BCUT2D eigenvalue weighted by Crippen LogP contribution is 2.20. The highest BCUT2D eigenvalue weighted by Gasteiger charge is 2.24. The van der Waals surface area contributed by atoms with Crippen LogP contribution in [-0.2, 0) is 14.4 Å². The number of carbonyl (C=O) groups excluding carboxylic acids is 3. The van der Waals surface area contributed by atoms with Gasteiger partial charge in [-0.25, -0.2) is 9.97 Å². The third-order valence-electron chi connectivity index (χ3n) is 6.48. The van der Waals surface area contributed by atoms with Crippen LogP contribution in [0.15, 0.2) is 36.4 Å². The smallest absolute Gasteiger partial charge is 0.239 e. The molecule has 2 fully saturated rings. The van der Waals surface area contributed by atoms with Gasteiger partial charge < -0.3 is 20.9 Å². The molecule has 0 saturated carbocycles. The van der Waals surface area contributed by atoms with E-state index in [9.17, 15) is 14.4 Å². The lowest BCUT2D eigenvalue weighted by atomic mass is 10.2. The van der Waals surface area contributed by atoms with Crippen molar-refractivity contribution in [2.45, 2.75) is 19.8 Å². The van der Waals surface area contributed by atoms with E-state index in [1.54, 1.807) is 6.07 Å². The van der Waals surface area contributed by atoms with Gasteiger partial charge >= 0.3 is 0 Å². The number of hydrogen-bond acceptors (Lipinski definition) is 8. The summed E-state index contributed by atoms with van der Waals surface area (Å²) in [7, 11) is 0. The Balaban J connectivity index is 1.31. The molecule has 198 valence electrons. The van der Waals surface area contributed by atoms with E-state index in [1.807, 2.05) is 35.2 Å². The number of nitrogens with one attached hydrogen (secondary N) is 3. The standard InChI is InChI=1S/C26H36N8O3/c1-20(35)27-9-10-28-22-17-23(31-26(30-22)21-7-3-2-4-8-21)29-24(36)18-32-13-15-33(16-14-32)19-25(37)34-11-5-6-12-34/h2-4,7-8,17H,5-6,9-16,18-19H2,1H3,(H,27,35)(H2,28,29,30,31,36). The maximum Gasteiger partial charge on any atom is 0.239 e. The molecular formula is C26H36N8O3. The molecule has 3 amide bonds. The van der Waals surface area contributed by atoms with Gasteiger partial charge in [-0.15, -0.1) is 0 Å². The van der Waals surface area contributed by atoms with Gasteiger partial charge in [0, 0.05) is 70.9 Å². The van der Waals surface area contributed by atoms with Crippen LogP contribution in [0.3, 0.4) is 0 Å². The minimum absolute atomic E-state index is 0.0959. The SMILES string of the molecule is CC(=O)NCCNc1cc(NC(=O)CN2CCN(CC(=O)N3CCCC3)CC2)nc(-c2ccccc2)n1. The number of hydrogen-bond donors (Lipinski definition) is 3. The second-order valence-electron chi connectivity index (χ2n) is 9.43. The Morgan fingerprint density at radius 1 is 0.838 bits per heavy atom. The van der Waals surface area contributed by atoms with E-state index in [4.69, 9.17) is 0 Å². The summed E-state index contributed by atoms with van der Waals surface area (Å²) in [6, 6.07) is 11.3. The zero-order valence-electron chi connectivity index (χ0n) is 21.4. The number of rotatable bonds is 10. The van der Waals surface area contributed by atoms with Crippen LogP contribution in [0.2, 0.25) is 0 Å². The Labute approximate surface area is 217 Å². The largest absolute Gasteiger partial charge is 0.368 e. The summed E-state index contributed by atoms with van der Waals surface area (Å²) in [4.78, 5) is 51.7. The lowest BCUT2D eigenvalue weighted by Crippen LogP contribution is -2.51. The fraction of sp³-hybridized carbons (Fsp3) is 0.500. The average molecular weight is 509 g/mol. The predicted molar refractivity (Wildman–Crippen MR) is 142 cm³/mol. The first-order chi connectivity index (χ1) is 18.0. The molecule has 11 nitrogen and oxygen atoms in total. The molecule has 2 aliphatic heterocycles. The first-order valence-corrected chi connectivity index (χ1v) is 12.9. The fourth-order valence-electron chi connectivity index (χ4n) is 4.50. The van der Waals surface area contributed by atoms with Crippen LogP contribution in [0.1, 0.15) is 19.8 Å². The molecule has 2 aliphatic rings. The van der Waals surface area contributed by atoms with Crippen molar-refractivity contribution in [2.24, 2.45) is 0 Å². The lowest BCUT2D eigenvalue weighted by molar-refractivity contribution is -0.132. The van der Waals surface area contributed by atoms with E-state index in [1.165, 1.54) is 6.92 Å². The third-order valence-corrected chi connectivity index (χ3v) is 6.48. The molecule has 0 spiro atoms. The van der Waals surface area contributed by atoms with Crippen molar-refractivity contribution in [1.82, 2.24) is 30.0 Å². The van der Waals surface area contributed by atoms with Crippen LogP contribution < -0.4 is 16.0 Å². The minimum atomic E-state index is -0.150. The molecule has 1 aromatic heterocycles. The van der Waals surface area contributed by atoms with E-state index in [0.717, 1.165) is 57.7 Å². The third kappa shape index (κ3) is 8.22. The van der Waals surface area contributed by atoms with Gasteiger partial charge in [-0.1, -0.05) is 30.3 Å². The second kappa shape index (κ2) is 13.1. The molecular weight excluding hydrogens is 472 g/mol. The molecule has 0 atom stereocenters. The number of benzene rings is 1. The van der Waals surface area contributed by atoms with Crippen molar-refractivity contribution in [3.63, 3.8) is 0 Å². The number of carbonyl (C=O) groups is 3. The van der Waals surface area contributed by atoms with Crippen LogP contribution in [-0.4, -0.2) is 108 Å². The van der Waals surface area contributed by atoms with Crippen LogP contribution in [0.5, 0.6) is 0 Å². The Bertz CT molecular complexity index is 1070. The van der Waals surface area contributed by atoms with Crippen LogP contribution >= 0.6 is 0 Å². The summed E-state index contributed by atoms with van der Waals surface area (Å²) in [5.41, 5.74) is 0.836. The van der Waals surface area contributed by atoms with Gasteiger partial charge in [0.2, 0.25) is 17.7 Å². The topological polar surface area (TPSA) is 123 Å². The summed E-state index contributed by atoms with van der Waals surface area (Å²) >= 11 is 0. The maximum absolute atomic E-state index is 12.9. The molecule has 1 aromatic carbocycles. The highest BCUT2D eigenvalue weighted by atomic mass is 16.2. The molecule has 11 heteroatoms. The van der Waals surface area contributed by atoms with Gasteiger partial charge in [-0.2, -0.15) is 0 Å². The molecule has 2 saturated heterocycles. The van der Waals surface area contributed by atoms with E-state index in [0.29, 0.717) is 37.1 Å². The van der Waals surface area contributed by atoms with Crippen molar-refractivity contribution in [3.8, 4) is 11.4 Å². The highest BCUT2D eigenvalue weighted by molar-refractivity contribution is 5.92. The zero-order valence-corrected chi connectivity index (χ0v) is 21.4. The van der Waals surface area contributed by atoms with E-state index >= 15 is 0 Å². The number of piperazine rings is 1. The maximum atomic E-state index is 12.9. The molecule has 0 unspecified atom stereocenters. The summed E-state index contributed by atoms with van der Waals surface area (Å²) in [6.45, 7) is 7.87. The van der Waals surface area contributed by atoms with Crippen LogP contribution in [0.25, 0.3) is 11.4 Å². The summed E-state index contributed by atoms with van der Waals surface area (Å²) < 4.78 is 0. The van der Waals surface area contributed by atoms with E-state index in [-0.39, 0.29) is 24.3 Å². The molecule has 4 rings (SSSR count). The summed E-state index contributed by atoms with van der Waals surface area (Å²) in [5, 5.41) is 8.83. The summed E-state index contributed by atoms with van der Waals surface area (Å²) in [6.07, 6.45) is 2.20. The second-order valence-corrected chi connectivity index (χ2v) is 9.43. The molecule has 37 heavy (non-hydrogen) atoms. The monoisotopic (exact) mass is 508 g/mol. The van der Waals surface area contributed by atoms with Crippen molar-refractivity contribution >= 4 is 29.4 Å². The van der Waals surface area contributed by atoms with Crippen LogP contribution in [0.4, 0.5) is 11.6 Å². The molecule has 2 aromatic rings. The molecule has 0 bridgehead atoms. The van der Waals surface area contributed by atoms with E-state index in [2.05, 4.69) is 35.7 Å². The number of nitrogens with zero attached hydrogens (tertiary/aromatic N) is 5. The first-order valence-electron chi connectivity index (χ1n) is 12.9.